The van der Waals surface area contributed by atoms with E-state index in [4.69, 9.17) is 34.3 Å². The van der Waals surface area contributed by atoms with Crippen molar-refractivity contribution in [3.8, 4) is 0 Å². The second-order valence-corrected chi connectivity index (χ2v) is 11.3. The van der Waals surface area contributed by atoms with Crippen LogP contribution in [0.25, 0.3) is 11.2 Å². The van der Waals surface area contributed by atoms with Gasteiger partial charge in [0.1, 0.15) is 29.9 Å². The van der Waals surface area contributed by atoms with Gasteiger partial charge in [-0.1, -0.05) is 0 Å². The van der Waals surface area contributed by atoms with Crippen molar-refractivity contribution in [2.75, 3.05) is 26.1 Å². The van der Waals surface area contributed by atoms with Gasteiger partial charge in [0, 0.05) is 19.7 Å². The van der Waals surface area contributed by atoms with Crippen LogP contribution in [0.4, 0.5) is 5.82 Å². The Balaban J connectivity index is 1.16. The van der Waals surface area contributed by atoms with Gasteiger partial charge < -0.3 is 44.1 Å². The first-order valence-electron chi connectivity index (χ1n) is 12.1. The van der Waals surface area contributed by atoms with Crippen LogP contribution in [0.15, 0.2) is 31.0 Å². The first kappa shape index (κ1) is 28.1. The smallest absolute Gasteiger partial charge is 0.330 e. The summed E-state index contributed by atoms with van der Waals surface area (Å²) in [6, 6.07) is 3.59. The molecule has 1 aliphatic carbocycles. The second kappa shape index (κ2) is 12.4. The van der Waals surface area contributed by atoms with Gasteiger partial charge in [-0.05, 0) is 42.4 Å². The number of ether oxygens (including phenoxy) is 1. The second-order valence-electron chi connectivity index (χ2n) is 9.21. The number of primary amides is 1. The Morgan fingerprint density at radius 1 is 1.15 bits per heavy atom. The van der Waals surface area contributed by atoms with Crippen LogP contribution in [0.5, 0.6) is 0 Å². The van der Waals surface area contributed by atoms with E-state index in [1.54, 1.807) is 23.2 Å². The monoisotopic (exact) mass is 581 g/mol. The van der Waals surface area contributed by atoms with E-state index in [1.807, 2.05) is 6.07 Å². The number of amides is 1. The van der Waals surface area contributed by atoms with Crippen molar-refractivity contribution in [3.63, 3.8) is 0 Å². The molecule has 39 heavy (non-hydrogen) atoms. The molecule has 17 heteroatoms. The number of nitrogens with two attached hydrogens (primary N) is 2. The molecule has 0 spiro atoms. The van der Waals surface area contributed by atoms with Gasteiger partial charge in [-0.15, -0.1) is 0 Å². The maximum absolute atomic E-state index is 11.4. The molecule has 210 valence electrons. The molecule has 6 N–H and O–H groups in total. The summed E-state index contributed by atoms with van der Waals surface area (Å²) in [7, 11) is -2.96. The van der Waals surface area contributed by atoms with Crippen molar-refractivity contribution in [2.24, 2.45) is 11.7 Å². The molecule has 4 unspecified atom stereocenters. The number of hydrogen-bond acceptors (Lipinski definition) is 13. The molecule has 0 radical (unpaired) electrons. The van der Waals surface area contributed by atoms with E-state index < -0.39 is 41.5 Å². The first-order chi connectivity index (χ1) is 18.8. The first-order valence-corrected chi connectivity index (χ1v) is 14.4. The lowest BCUT2D eigenvalue weighted by molar-refractivity contribution is -0.0387. The van der Waals surface area contributed by atoms with E-state index >= 15 is 0 Å². The van der Waals surface area contributed by atoms with Gasteiger partial charge in [-0.2, -0.15) is 0 Å². The minimum atomic E-state index is -2.22. The van der Waals surface area contributed by atoms with E-state index in [2.05, 4.69) is 19.9 Å². The molecule has 1 aliphatic heterocycles. The maximum Gasteiger partial charge on any atom is 0.330 e. The Bertz CT molecular complexity index is 1300. The van der Waals surface area contributed by atoms with Crippen LogP contribution >= 0.6 is 17.2 Å². The lowest BCUT2D eigenvalue weighted by Crippen LogP contribution is -2.28. The molecule has 3 aromatic heterocycles. The van der Waals surface area contributed by atoms with Crippen molar-refractivity contribution in [1.82, 2.24) is 24.5 Å². The lowest BCUT2D eigenvalue weighted by Gasteiger charge is -2.35. The zero-order valence-electron chi connectivity index (χ0n) is 20.9. The number of imidazole rings is 1. The number of fused-ring (bicyclic) bond motifs is 1. The SMILES string of the molecule is COP(O)OCC1OC(n2cnc3c(N)ncnc32)C[C@@H]1OP(O)OCC1CC(c2ccnc(C(N)=O)c2)C1. The van der Waals surface area contributed by atoms with Crippen molar-refractivity contribution >= 4 is 40.1 Å². The molecule has 1 amide bonds. The summed E-state index contributed by atoms with van der Waals surface area (Å²) >= 11 is 0. The maximum atomic E-state index is 11.4. The molecule has 5 atom stereocenters. The minimum Gasteiger partial charge on any atom is -0.382 e. The summed E-state index contributed by atoms with van der Waals surface area (Å²) < 4.78 is 29.5. The number of nitrogens with zero attached hydrogens (tertiary/aromatic N) is 5. The minimum absolute atomic E-state index is 0.0341. The third kappa shape index (κ3) is 6.49. The molecule has 15 nitrogen and oxygen atoms in total. The van der Waals surface area contributed by atoms with Crippen molar-refractivity contribution in [1.29, 1.82) is 0 Å². The van der Waals surface area contributed by atoms with Crippen LogP contribution in [0.2, 0.25) is 0 Å². The summed E-state index contributed by atoms with van der Waals surface area (Å²) in [6.45, 7) is 0.284. The summed E-state index contributed by atoms with van der Waals surface area (Å²) in [6.07, 6.45) is 4.69. The molecule has 2 aliphatic rings. The summed E-state index contributed by atoms with van der Waals surface area (Å²) in [5.74, 6) is 0.193. The van der Waals surface area contributed by atoms with E-state index in [0.29, 0.717) is 24.2 Å². The van der Waals surface area contributed by atoms with E-state index in [0.717, 1.165) is 18.4 Å². The molecule has 5 rings (SSSR count). The topological polar surface area (TPSA) is 212 Å². The highest BCUT2D eigenvalue weighted by Crippen LogP contribution is 2.47. The highest BCUT2D eigenvalue weighted by atomic mass is 31.2. The Labute approximate surface area is 225 Å². The third-order valence-corrected chi connectivity index (χ3v) is 8.28. The number of carbonyl (C=O) groups excluding carboxylic acids is 1. The predicted octanol–water partition coefficient (Wildman–Crippen LogP) is 1.89. The number of pyridine rings is 1. The van der Waals surface area contributed by atoms with Crippen LogP contribution in [-0.2, 0) is 22.8 Å². The van der Waals surface area contributed by atoms with Gasteiger partial charge in [0.15, 0.2) is 11.5 Å². The van der Waals surface area contributed by atoms with Crippen LogP contribution < -0.4 is 11.5 Å². The summed E-state index contributed by atoms with van der Waals surface area (Å²) in [5, 5.41) is 0. The van der Waals surface area contributed by atoms with Crippen LogP contribution in [0, 0.1) is 5.92 Å². The Morgan fingerprint density at radius 2 is 1.95 bits per heavy atom. The van der Waals surface area contributed by atoms with Gasteiger partial charge in [-0.25, -0.2) is 15.0 Å². The molecule has 4 heterocycles. The fraction of sp³-hybridized carbons (Fsp3) is 0.500. The number of nitrogen functional groups attached to an aromatic ring is 1. The summed E-state index contributed by atoms with van der Waals surface area (Å²) in [4.78, 5) is 48.1. The van der Waals surface area contributed by atoms with E-state index in [1.165, 1.54) is 13.4 Å². The zero-order chi connectivity index (χ0) is 27.5. The normalized spacial score (nSPS) is 26.4. The molecular formula is C22H29N7O8P2. The lowest BCUT2D eigenvalue weighted by atomic mass is 9.72. The molecule has 1 saturated carbocycles. The number of aromatic nitrogens is 5. The van der Waals surface area contributed by atoms with Crippen molar-refractivity contribution < 1.29 is 37.4 Å². The van der Waals surface area contributed by atoms with Gasteiger partial charge in [0.2, 0.25) is 0 Å². The van der Waals surface area contributed by atoms with Crippen molar-refractivity contribution in [2.45, 2.75) is 43.6 Å². The van der Waals surface area contributed by atoms with Crippen LogP contribution in [0.1, 0.15) is 47.5 Å². The summed E-state index contributed by atoms with van der Waals surface area (Å²) in [5.41, 5.74) is 13.4. The molecule has 3 aromatic rings. The highest BCUT2D eigenvalue weighted by Gasteiger charge is 2.41. The van der Waals surface area contributed by atoms with Gasteiger partial charge in [0.25, 0.3) is 5.91 Å². The highest BCUT2D eigenvalue weighted by molar-refractivity contribution is 7.40. The molecular weight excluding hydrogens is 552 g/mol. The van der Waals surface area contributed by atoms with Crippen LogP contribution in [0.3, 0.4) is 0 Å². The van der Waals surface area contributed by atoms with E-state index in [9.17, 15) is 14.6 Å². The molecule has 0 aromatic carbocycles. The fourth-order valence-corrected chi connectivity index (χ4v) is 5.93. The quantitative estimate of drug-likeness (QED) is 0.225. The zero-order valence-corrected chi connectivity index (χ0v) is 22.7. The molecule has 2 fully saturated rings. The van der Waals surface area contributed by atoms with Crippen LogP contribution in [-0.4, -0.2) is 72.7 Å². The van der Waals surface area contributed by atoms with E-state index in [-0.39, 0.29) is 30.0 Å². The van der Waals surface area contributed by atoms with Gasteiger partial charge in [0.05, 0.1) is 25.6 Å². The standard InChI is InChI=1S/C22H29N7O8P2/c1-33-38(31)35-9-17-16(7-18(36-17)29-11-28-19-20(23)26-10-27-22(19)29)37-39(32)34-8-12-4-14(5-12)13-2-3-25-15(6-13)21(24)30/h2-3,6,10-12,14,16-18,31-32H,4-5,7-9H2,1H3,(H2,24,30)(H2,23,26,27)/t12?,14?,16-,17?,18?,38?,39?/m0/s1. The van der Waals surface area contributed by atoms with Gasteiger partial charge >= 0.3 is 17.2 Å². The Kier molecular flexibility index (Phi) is 8.92. The molecule has 0 bridgehead atoms. The third-order valence-electron chi connectivity index (χ3n) is 6.77. The molecule has 1 saturated heterocycles. The average molecular weight is 581 g/mol. The Morgan fingerprint density at radius 3 is 2.72 bits per heavy atom. The fourth-order valence-electron chi connectivity index (χ4n) is 4.70. The van der Waals surface area contributed by atoms with Crippen molar-refractivity contribution in [3.05, 3.63) is 42.2 Å². The number of rotatable bonds is 12. The number of anilines is 1. The van der Waals surface area contributed by atoms with Gasteiger partial charge in [-0.3, -0.25) is 14.3 Å². The average Bonchev–Trinajstić information content (AvgIpc) is 3.51. The largest absolute Gasteiger partial charge is 0.382 e. The predicted molar refractivity (Wildman–Crippen MR) is 139 cm³/mol. The number of hydrogen-bond donors (Lipinski definition) is 4. The number of carbonyl (C=O) groups is 1. The Hall–Kier alpha value is -2.45.